The van der Waals surface area contributed by atoms with Crippen molar-refractivity contribution in [3.05, 3.63) is 82.9 Å². The first-order chi connectivity index (χ1) is 13.6. The lowest BCUT2D eigenvalue weighted by atomic mass is 10.0. The van der Waals surface area contributed by atoms with E-state index in [1.165, 1.54) is 0 Å². The van der Waals surface area contributed by atoms with Gasteiger partial charge in [-0.25, -0.2) is 4.98 Å². The van der Waals surface area contributed by atoms with Gasteiger partial charge in [0.05, 0.1) is 7.11 Å². The summed E-state index contributed by atoms with van der Waals surface area (Å²) >= 11 is 6.30. The number of methoxy groups -OCH3 is 1. The van der Waals surface area contributed by atoms with E-state index in [1.807, 2.05) is 66.3 Å². The van der Waals surface area contributed by atoms with Crippen LogP contribution in [0.4, 0.5) is 0 Å². The molecule has 0 radical (unpaired) electrons. The molecular formula is C22H22ClN3O2. The molecule has 2 aromatic carbocycles. The van der Waals surface area contributed by atoms with Crippen molar-refractivity contribution in [2.24, 2.45) is 13.0 Å². The number of hydrogen-bond acceptors (Lipinski definition) is 3. The maximum atomic E-state index is 13.0. The Morgan fingerprint density at radius 3 is 2.64 bits per heavy atom. The molecule has 144 valence electrons. The minimum absolute atomic E-state index is 0.0220. The third kappa shape index (κ3) is 3.62. The van der Waals surface area contributed by atoms with Gasteiger partial charge >= 0.3 is 0 Å². The van der Waals surface area contributed by atoms with E-state index in [4.69, 9.17) is 16.3 Å². The third-order valence-corrected chi connectivity index (χ3v) is 5.63. The number of carbonyl (C=O) groups is 1. The number of ether oxygens (including phenoxy) is 1. The van der Waals surface area contributed by atoms with Crippen LogP contribution in [0.15, 0.2) is 60.9 Å². The Morgan fingerprint density at radius 2 is 2.00 bits per heavy atom. The molecule has 1 N–H and O–H groups in total. The van der Waals surface area contributed by atoms with Crippen LogP contribution in [0.25, 0.3) is 0 Å². The lowest BCUT2D eigenvalue weighted by Crippen LogP contribution is -2.32. The van der Waals surface area contributed by atoms with E-state index in [1.54, 1.807) is 13.3 Å². The zero-order chi connectivity index (χ0) is 19.7. The fourth-order valence-electron chi connectivity index (χ4n) is 3.60. The normalized spacial score (nSPS) is 19.1. The average molecular weight is 396 g/mol. The van der Waals surface area contributed by atoms with E-state index in [0.717, 1.165) is 34.1 Å². The molecule has 0 aliphatic heterocycles. The highest BCUT2D eigenvalue weighted by Gasteiger charge is 2.45. The van der Waals surface area contributed by atoms with Gasteiger partial charge in [0, 0.05) is 30.4 Å². The Labute approximate surface area is 169 Å². The topological polar surface area (TPSA) is 56.1 Å². The van der Waals surface area contributed by atoms with E-state index in [-0.39, 0.29) is 23.8 Å². The van der Waals surface area contributed by atoms with Crippen LogP contribution in [0.5, 0.6) is 5.75 Å². The summed E-state index contributed by atoms with van der Waals surface area (Å²) in [5.41, 5.74) is 2.00. The molecule has 3 atom stereocenters. The van der Waals surface area contributed by atoms with Crippen molar-refractivity contribution < 1.29 is 9.53 Å². The number of imidazole rings is 1. The van der Waals surface area contributed by atoms with Crippen molar-refractivity contribution in [3.63, 3.8) is 0 Å². The quantitative estimate of drug-likeness (QED) is 0.683. The van der Waals surface area contributed by atoms with E-state index >= 15 is 0 Å². The number of amides is 1. The highest BCUT2D eigenvalue weighted by atomic mass is 35.5. The van der Waals surface area contributed by atoms with Gasteiger partial charge < -0.3 is 14.6 Å². The van der Waals surface area contributed by atoms with Crippen molar-refractivity contribution >= 4 is 17.5 Å². The van der Waals surface area contributed by atoms with Gasteiger partial charge in [0.2, 0.25) is 5.91 Å². The largest absolute Gasteiger partial charge is 0.497 e. The lowest BCUT2D eigenvalue weighted by Gasteiger charge is -2.19. The maximum Gasteiger partial charge on any atom is 0.224 e. The molecule has 1 aromatic heterocycles. The van der Waals surface area contributed by atoms with Crippen LogP contribution in [0, 0.1) is 5.92 Å². The van der Waals surface area contributed by atoms with Gasteiger partial charge in [-0.2, -0.15) is 0 Å². The van der Waals surface area contributed by atoms with Crippen molar-refractivity contribution in [1.82, 2.24) is 14.9 Å². The summed E-state index contributed by atoms with van der Waals surface area (Å²) in [5, 5.41) is 3.91. The van der Waals surface area contributed by atoms with Gasteiger partial charge in [-0.3, -0.25) is 4.79 Å². The zero-order valence-corrected chi connectivity index (χ0v) is 16.6. The minimum atomic E-state index is -0.328. The molecule has 4 rings (SSSR count). The Bertz CT molecular complexity index is 983. The number of carbonyl (C=O) groups excluding carboxylic acids is 1. The van der Waals surface area contributed by atoms with Gasteiger partial charge in [-0.05, 0) is 41.7 Å². The molecule has 1 heterocycles. The summed E-state index contributed by atoms with van der Waals surface area (Å²) in [6.45, 7) is 0. The van der Waals surface area contributed by atoms with Crippen LogP contribution in [0.1, 0.15) is 35.3 Å². The van der Waals surface area contributed by atoms with Crippen LogP contribution in [0.3, 0.4) is 0 Å². The summed E-state index contributed by atoms with van der Waals surface area (Å²) < 4.78 is 7.17. The molecule has 28 heavy (non-hydrogen) atoms. The van der Waals surface area contributed by atoms with E-state index in [9.17, 15) is 4.79 Å². The molecule has 6 heteroatoms. The van der Waals surface area contributed by atoms with Crippen LogP contribution >= 0.6 is 11.6 Å². The van der Waals surface area contributed by atoms with Crippen LogP contribution in [-0.4, -0.2) is 22.6 Å². The Kier molecular flexibility index (Phi) is 5.09. The molecule has 0 bridgehead atoms. The van der Waals surface area contributed by atoms with E-state index < -0.39 is 0 Å². The summed E-state index contributed by atoms with van der Waals surface area (Å²) in [4.78, 5) is 17.5. The van der Waals surface area contributed by atoms with Crippen molar-refractivity contribution in [2.75, 3.05) is 7.11 Å². The number of nitrogens with zero attached hydrogens (tertiary/aromatic N) is 2. The smallest absolute Gasteiger partial charge is 0.224 e. The number of hydrogen-bond donors (Lipinski definition) is 1. The number of aromatic nitrogens is 2. The first-order valence-corrected chi connectivity index (χ1v) is 9.62. The molecule has 3 aromatic rings. The van der Waals surface area contributed by atoms with Gasteiger partial charge in [-0.15, -0.1) is 0 Å². The fraction of sp³-hybridized carbons (Fsp3) is 0.273. The Morgan fingerprint density at radius 1 is 1.25 bits per heavy atom. The molecule has 1 aliphatic carbocycles. The predicted octanol–water partition coefficient (Wildman–Crippen LogP) is 4.09. The van der Waals surface area contributed by atoms with Crippen LogP contribution in [-0.2, 0) is 11.8 Å². The summed E-state index contributed by atoms with van der Waals surface area (Å²) in [7, 11) is 3.56. The van der Waals surface area contributed by atoms with E-state index in [2.05, 4.69) is 10.3 Å². The summed E-state index contributed by atoms with van der Waals surface area (Å²) in [6.07, 6.45) is 4.43. The summed E-state index contributed by atoms with van der Waals surface area (Å²) in [5.74, 6) is 1.68. The highest BCUT2D eigenvalue weighted by Crippen LogP contribution is 2.49. The molecule has 1 aliphatic rings. The Balaban J connectivity index is 1.55. The van der Waals surface area contributed by atoms with Crippen molar-refractivity contribution in [3.8, 4) is 5.75 Å². The molecule has 1 amide bonds. The van der Waals surface area contributed by atoms with Crippen LogP contribution in [0.2, 0.25) is 5.02 Å². The molecule has 0 saturated heterocycles. The summed E-state index contributed by atoms with van der Waals surface area (Å²) in [6, 6.07) is 15.1. The first kappa shape index (κ1) is 18.6. The van der Waals surface area contributed by atoms with Gasteiger partial charge in [0.1, 0.15) is 17.6 Å². The lowest BCUT2D eigenvalue weighted by molar-refractivity contribution is -0.123. The second-order valence-corrected chi connectivity index (χ2v) is 7.49. The number of aryl methyl sites for hydroxylation is 1. The standard InChI is InChI=1S/C22H22ClN3O2/c1-26-12-11-24-21(26)20(14-7-9-15(28-2)10-8-14)25-22(27)18-13-17(18)16-5-3-4-6-19(16)23/h3-12,17-18,20H,13H2,1-2H3,(H,25,27). The van der Waals surface area contributed by atoms with Gasteiger partial charge in [0.15, 0.2) is 0 Å². The fourth-order valence-corrected chi connectivity index (χ4v) is 3.88. The second kappa shape index (κ2) is 7.68. The monoisotopic (exact) mass is 395 g/mol. The van der Waals surface area contributed by atoms with Crippen molar-refractivity contribution in [1.29, 1.82) is 0 Å². The number of nitrogens with one attached hydrogen (secondary N) is 1. The number of rotatable bonds is 6. The predicted molar refractivity (Wildman–Crippen MR) is 108 cm³/mol. The molecule has 3 unspecified atom stereocenters. The average Bonchev–Trinajstić information content (AvgIpc) is 3.40. The molecule has 0 spiro atoms. The van der Waals surface area contributed by atoms with Gasteiger partial charge in [-0.1, -0.05) is 41.9 Å². The highest BCUT2D eigenvalue weighted by molar-refractivity contribution is 6.31. The maximum absolute atomic E-state index is 13.0. The minimum Gasteiger partial charge on any atom is -0.497 e. The van der Waals surface area contributed by atoms with Gasteiger partial charge in [0.25, 0.3) is 0 Å². The van der Waals surface area contributed by atoms with Crippen LogP contribution < -0.4 is 10.1 Å². The molecule has 1 saturated carbocycles. The first-order valence-electron chi connectivity index (χ1n) is 9.24. The van der Waals surface area contributed by atoms with Crippen molar-refractivity contribution in [2.45, 2.75) is 18.4 Å². The molecule has 1 fully saturated rings. The third-order valence-electron chi connectivity index (χ3n) is 5.28. The zero-order valence-electron chi connectivity index (χ0n) is 15.8. The number of halogens is 1. The van der Waals surface area contributed by atoms with E-state index in [0.29, 0.717) is 0 Å². The molecule has 5 nitrogen and oxygen atoms in total. The number of benzene rings is 2. The Hall–Kier alpha value is -2.79. The molecular weight excluding hydrogens is 374 g/mol. The SMILES string of the molecule is COc1ccc(C(NC(=O)C2CC2c2ccccc2Cl)c2nccn2C)cc1. The second-order valence-electron chi connectivity index (χ2n) is 7.08.